The number of nitrogens with one attached hydrogen (secondary N) is 2. The number of aromatic nitrogens is 2. The number of carbonyl (C=O) groups excluding carboxylic acids is 1. The van der Waals surface area contributed by atoms with Gasteiger partial charge in [0.1, 0.15) is 5.75 Å². The van der Waals surface area contributed by atoms with E-state index >= 15 is 0 Å². The molecule has 1 heterocycles. The Labute approximate surface area is 112 Å². The molecule has 19 heavy (non-hydrogen) atoms. The Morgan fingerprint density at radius 1 is 1.42 bits per heavy atom. The van der Waals surface area contributed by atoms with Crippen LogP contribution in [0.3, 0.4) is 0 Å². The first kappa shape index (κ1) is 13.1. The summed E-state index contributed by atoms with van der Waals surface area (Å²) < 4.78 is 5.62. The number of ether oxygens (including phenoxy) is 1. The second-order valence-electron chi connectivity index (χ2n) is 4.25. The Morgan fingerprint density at radius 2 is 2.26 bits per heavy atom. The molecule has 0 radical (unpaired) electrons. The van der Waals surface area contributed by atoms with E-state index in [0.29, 0.717) is 25.1 Å². The number of hydrogen-bond acceptors (Lipinski definition) is 3. The number of amides is 1. The summed E-state index contributed by atoms with van der Waals surface area (Å²) in [4.78, 5) is 11.6. The molecule has 5 nitrogen and oxygen atoms in total. The molecule has 100 valence electrons. The predicted octanol–water partition coefficient (Wildman–Crippen LogP) is 2.52. The van der Waals surface area contributed by atoms with Gasteiger partial charge in [-0.25, -0.2) is 0 Å². The summed E-state index contributed by atoms with van der Waals surface area (Å²) >= 11 is 0. The van der Waals surface area contributed by atoms with Crippen LogP contribution in [0.15, 0.2) is 36.7 Å². The van der Waals surface area contributed by atoms with Gasteiger partial charge in [-0.3, -0.25) is 9.89 Å². The maximum Gasteiger partial charge on any atom is 0.224 e. The lowest BCUT2D eigenvalue weighted by atomic mass is 10.2. The topological polar surface area (TPSA) is 67.0 Å². The molecule has 0 spiro atoms. The minimum atomic E-state index is -0.0326. The fourth-order valence-corrected chi connectivity index (χ4v) is 1.68. The van der Waals surface area contributed by atoms with Crippen molar-refractivity contribution in [3.63, 3.8) is 0 Å². The van der Waals surface area contributed by atoms with Crippen LogP contribution < -0.4 is 10.1 Å². The fraction of sp³-hybridized carbons (Fsp3) is 0.286. The molecule has 0 atom stereocenters. The summed E-state index contributed by atoms with van der Waals surface area (Å²) in [7, 11) is 0. The summed E-state index contributed by atoms with van der Waals surface area (Å²) in [5.74, 6) is 0.840. The molecule has 0 fully saturated rings. The Bertz CT molecular complexity index is 523. The molecule has 5 heteroatoms. The predicted molar refractivity (Wildman–Crippen MR) is 73.1 cm³/mol. The van der Waals surface area contributed by atoms with E-state index in [1.54, 1.807) is 12.4 Å². The van der Waals surface area contributed by atoms with Gasteiger partial charge in [-0.1, -0.05) is 18.2 Å². The minimum Gasteiger partial charge on any atom is -0.493 e. The molecule has 0 saturated carbocycles. The zero-order valence-corrected chi connectivity index (χ0v) is 10.8. The minimum absolute atomic E-state index is 0.0326. The number of benzene rings is 1. The van der Waals surface area contributed by atoms with E-state index in [0.717, 1.165) is 11.3 Å². The Kier molecular flexibility index (Phi) is 4.55. The van der Waals surface area contributed by atoms with Crippen LogP contribution >= 0.6 is 0 Å². The maximum atomic E-state index is 11.6. The van der Waals surface area contributed by atoms with Gasteiger partial charge in [0.05, 0.1) is 18.5 Å². The molecule has 0 unspecified atom stereocenters. The van der Waals surface area contributed by atoms with Crippen LogP contribution in [0.5, 0.6) is 5.75 Å². The van der Waals surface area contributed by atoms with Gasteiger partial charge < -0.3 is 10.1 Å². The third-order valence-electron chi connectivity index (χ3n) is 2.68. The normalized spacial score (nSPS) is 10.2. The molecule has 2 rings (SSSR count). The van der Waals surface area contributed by atoms with E-state index in [1.165, 1.54) is 0 Å². The molecule has 1 amide bonds. The first-order valence-electron chi connectivity index (χ1n) is 6.23. The second kappa shape index (κ2) is 6.58. The molecule has 2 aromatic rings. The highest BCUT2D eigenvalue weighted by atomic mass is 16.5. The number of anilines is 1. The van der Waals surface area contributed by atoms with Crippen molar-refractivity contribution < 1.29 is 9.53 Å². The largest absolute Gasteiger partial charge is 0.493 e. The summed E-state index contributed by atoms with van der Waals surface area (Å²) in [5, 5.41) is 9.14. The first-order chi connectivity index (χ1) is 9.25. The van der Waals surface area contributed by atoms with Crippen LogP contribution in [0.2, 0.25) is 0 Å². The molecular weight excluding hydrogens is 242 g/mol. The molecular formula is C14H17N3O2. The third-order valence-corrected chi connectivity index (χ3v) is 2.68. The van der Waals surface area contributed by atoms with Crippen molar-refractivity contribution in [3.8, 4) is 5.75 Å². The van der Waals surface area contributed by atoms with E-state index < -0.39 is 0 Å². The maximum absolute atomic E-state index is 11.6. The summed E-state index contributed by atoms with van der Waals surface area (Å²) in [6.07, 6.45) is 4.32. The quantitative estimate of drug-likeness (QED) is 0.783. The van der Waals surface area contributed by atoms with Crippen molar-refractivity contribution in [2.45, 2.75) is 19.8 Å². The van der Waals surface area contributed by atoms with Crippen LogP contribution in [-0.2, 0) is 4.79 Å². The molecule has 0 bridgehead atoms. The fourth-order valence-electron chi connectivity index (χ4n) is 1.68. The van der Waals surface area contributed by atoms with Gasteiger partial charge in [0.25, 0.3) is 0 Å². The summed E-state index contributed by atoms with van der Waals surface area (Å²) in [6.45, 7) is 2.53. The number of para-hydroxylation sites is 1. The van der Waals surface area contributed by atoms with E-state index in [1.807, 2.05) is 31.2 Å². The molecule has 0 aliphatic rings. The van der Waals surface area contributed by atoms with Gasteiger partial charge in [0.2, 0.25) is 5.91 Å². The van der Waals surface area contributed by atoms with Crippen LogP contribution in [0.1, 0.15) is 18.4 Å². The summed E-state index contributed by atoms with van der Waals surface area (Å²) in [6, 6.07) is 7.84. The molecule has 1 aromatic carbocycles. The highest BCUT2D eigenvalue weighted by Crippen LogP contribution is 2.16. The van der Waals surface area contributed by atoms with Gasteiger partial charge >= 0.3 is 0 Å². The van der Waals surface area contributed by atoms with Crippen LogP contribution in [0.25, 0.3) is 0 Å². The van der Waals surface area contributed by atoms with Crippen molar-refractivity contribution in [1.29, 1.82) is 0 Å². The SMILES string of the molecule is Cc1ccccc1OCCCC(=O)Nc1cn[nH]c1. The van der Waals surface area contributed by atoms with E-state index in [-0.39, 0.29) is 5.91 Å². The third kappa shape index (κ3) is 4.13. The molecule has 1 aromatic heterocycles. The number of aryl methyl sites for hydroxylation is 1. The van der Waals surface area contributed by atoms with E-state index in [9.17, 15) is 4.79 Å². The Morgan fingerprint density at radius 3 is 3.00 bits per heavy atom. The van der Waals surface area contributed by atoms with Gasteiger partial charge in [-0.15, -0.1) is 0 Å². The zero-order chi connectivity index (χ0) is 13.5. The molecule has 0 aliphatic heterocycles. The number of nitrogens with zero attached hydrogens (tertiary/aromatic N) is 1. The number of hydrogen-bond donors (Lipinski definition) is 2. The van der Waals surface area contributed by atoms with Gasteiger partial charge in [0.15, 0.2) is 0 Å². The highest BCUT2D eigenvalue weighted by Gasteiger charge is 2.03. The van der Waals surface area contributed by atoms with Gasteiger partial charge in [-0.05, 0) is 25.0 Å². The van der Waals surface area contributed by atoms with Crippen molar-refractivity contribution in [1.82, 2.24) is 10.2 Å². The van der Waals surface area contributed by atoms with Crippen LogP contribution in [-0.4, -0.2) is 22.7 Å². The Hall–Kier alpha value is -2.30. The number of rotatable bonds is 6. The second-order valence-corrected chi connectivity index (χ2v) is 4.25. The lowest BCUT2D eigenvalue weighted by Crippen LogP contribution is -2.12. The monoisotopic (exact) mass is 259 g/mol. The molecule has 2 N–H and O–H groups in total. The van der Waals surface area contributed by atoms with E-state index in [2.05, 4.69) is 15.5 Å². The van der Waals surface area contributed by atoms with Crippen LogP contribution in [0, 0.1) is 6.92 Å². The highest BCUT2D eigenvalue weighted by molar-refractivity contribution is 5.90. The zero-order valence-electron chi connectivity index (χ0n) is 10.8. The molecule has 0 saturated heterocycles. The average molecular weight is 259 g/mol. The number of aromatic amines is 1. The Balaban J connectivity index is 1.67. The van der Waals surface area contributed by atoms with Gasteiger partial charge in [0, 0.05) is 12.6 Å². The van der Waals surface area contributed by atoms with Crippen molar-refractivity contribution in [3.05, 3.63) is 42.2 Å². The van der Waals surface area contributed by atoms with Crippen LogP contribution in [0.4, 0.5) is 5.69 Å². The average Bonchev–Trinajstić information content (AvgIpc) is 2.89. The van der Waals surface area contributed by atoms with Gasteiger partial charge in [-0.2, -0.15) is 5.10 Å². The number of H-pyrrole nitrogens is 1. The summed E-state index contributed by atoms with van der Waals surface area (Å²) in [5.41, 5.74) is 1.79. The van der Waals surface area contributed by atoms with E-state index in [4.69, 9.17) is 4.74 Å². The van der Waals surface area contributed by atoms with Crippen molar-refractivity contribution in [2.75, 3.05) is 11.9 Å². The molecule has 0 aliphatic carbocycles. The standard InChI is InChI=1S/C14H17N3O2/c1-11-5-2-3-6-13(11)19-8-4-7-14(18)17-12-9-15-16-10-12/h2-3,5-6,9-10H,4,7-8H2,1H3,(H,15,16)(H,17,18). The lowest BCUT2D eigenvalue weighted by molar-refractivity contribution is -0.116. The lowest BCUT2D eigenvalue weighted by Gasteiger charge is -2.08. The van der Waals surface area contributed by atoms with Crippen molar-refractivity contribution >= 4 is 11.6 Å². The van der Waals surface area contributed by atoms with Crippen molar-refractivity contribution in [2.24, 2.45) is 0 Å². The first-order valence-corrected chi connectivity index (χ1v) is 6.23. The smallest absolute Gasteiger partial charge is 0.224 e. The number of carbonyl (C=O) groups is 1.